The second-order valence-electron chi connectivity index (χ2n) is 7.28. The van der Waals surface area contributed by atoms with E-state index in [0.29, 0.717) is 0 Å². The Morgan fingerprint density at radius 3 is 2.36 bits per heavy atom. The first-order valence-corrected chi connectivity index (χ1v) is 8.82. The molecule has 2 bridgehead atoms. The molecule has 1 aliphatic heterocycles. The summed E-state index contributed by atoms with van der Waals surface area (Å²) in [5, 5.41) is 6.48. The number of aromatic nitrogens is 1. The molecule has 126 valence electrons. The predicted molar refractivity (Wildman–Crippen MR) is 94.8 cm³/mol. The van der Waals surface area contributed by atoms with Gasteiger partial charge < -0.3 is 4.98 Å². The maximum Gasteiger partial charge on any atom is 0.254 e. The minimum atomic E-state index is -0.211. The molecule has 2 fully saturated rings. The van der Waals surface area contributed by atoms with Crippen LogP contribution in [0.2, 0.25) is 0 Å². The minimum Gasteiger partial charge on any atom is -0.358 e. The number of allylic oxidation sites excluding steroid dienone is 2. The Kier molecular flexibility index (Phi) is 3.02. The first-order valence-electron chi connectivity index (χ1n) is 8.82. The highest BCUT2D eigenvalue weighted by molar-refractivity contribution is 6.07. The van der Waals surface area contributed by atoms with E-state index in [1.54, 1.807) is 6.21 Å². The Balaban J connectivity index is 1.50. The molecule has 2 amide bonds. The lowest BCUT2D eigenvalue weighted by atomic mass is 9.63. The number of aryl methyl sites for hydroxylation is 1. The molecule has 2 aromatic rings. The molecule has 4 aliphatic rings. The number of H-pyrrole nitrogens is 1. The normalized spacial score (nSPS) is 30.8. The molecule has 5 nitrogen and oxygen atoms in total. The Labute approximate surface area is 145 Å². The molecule has 0 radical (unpaired) electrons. The number of rotatable bonds is 2. The topological polar surface area (TPSA) is 65.5 Å². The quantitative estimate of drug-likeness (QED) is 0.521. The lowest BCUT2D eigenvalue weighted by molar-refractivity contribution is -0.140. The van der Waals surface area contributed by atoms with Crippen molar-refractivity contribution in [3.63, 3.8) is 0 Å². The molecule has 1 saturated heterocycles. The van der Waals surface area contributed by atoms with Crippen molar-refractivity contribution in [3.05, 3.63) is 47.7 Å². The van der Waals surface area contributed by atoms with E-state index >= 15 is 0 Å². The van der Waals surface area contributed by atoms with Gasteiger partial charge in [0.2, 0.25) is 0 Å². The first kappa shape index (κ1) is 14.6. The summed E-state index contributed by atoms with van der Waals surface area (Å²) in [7, 11) is 0. The Morgan fingerprint density at radius 1 is 1.08 bits per heavy atom. The highest BCUT2D eigenvalue weighted by atomic mass is 16.2. The lowest BCUT2D eigenvalue weighted by Gasteiger charge is -2.37. The molecule has 2 heterocycles. The molecule has 5 heteroatoms. The van der Waals surface area contributed by atoms with E-state index in [9.17, 15) is 9.59 Å². The van der Waals surface area contributed by atoms with Gasteiger partial charge in [-0.05, 0) is 37.7 Å². The van der Waals surface area contributed by atoms with Crippen LogP contribution in [0.3, 0.4) is 0 Å². The number of carbonyl (C=O) groups is 2. The van der Waals surface area contributed by atoms with Crippen LogP contribution in [0.15, 0.2) is 41.5 Å². The fraction of sp³-hybridized carbons (Fsp3) is 0.350. The van der Waals surface area contributed by atoms with E-state index in [1.807, 2.05) is 31.2 Å². The van der Waals surface area contributed by atoms with Gasteiger partial charge in [0.25, 0.3) is 11.8 Å². The second kappa shape index (κ2) is 5.15. The van der Waals surface area contributed by atoms with Crippen molar-refractivity contribution < 1.29 is 9.59 Å². The summed E-state index contributed by atoms with van der Waals surface area (Å²) in [6.07, 6.45) is 7.90. The predicted octanol–water partition coefficient (Wildman–Crippen LogP) is 3.01. The molecule has 4 atom stereocenters. The van der Waals surface area contributed by atoms with Gasteiger partial charge in [-0.2, -0.15) is 10.1 Å². The zero-order valence-electron chi connectivity index (χ0n) is 14.0. The molecule has 0 spiro atoms. The molecule has 1 N–H and O–H groups in total. The van der Waals surface area contributed by atoms with Gasteiger partial charge in [0.15, 0.2) is 0 Å². The number of benzene rings is 1. The number of carbonyl (C=O) groups excluding carboxylic acids is 2. The summed E-state index contributed by atoms with van der Waals surface area (Å²) >= 11 is 0. The van der Waals surface area contributed by atoms with Crippen LogP contribution in [-0.2, 0) is 9.59 Å². The fourth-order valence-electron chi connectivity index (χ4n) is 4.75. The number of aromatic amines is 1. The van der Waals surface area contributed by atoms with Gasteiger partial charge in [-0.25, -0.2) is 0 Å². The van der Waals surface area contributed by atoms with Crippen LogP contribution in [-0.4, -0.2) is 28.0 Å². The van der Waals surface area contributed by atoms with Crippen molar-refractivity contribution in [1.29, 1.82) is 0 Å². The number of amides is 2. The summed E-state index contributed by atoms with van der Waals surface area (Å²) in [5.74, 6) is -0.302. The molecule has 1 aromatic heterocycles. The number of hydrogen-bond acceptors (Lipinski definition) is 3. The number of imide groups is 1. The van der Waals surface area contributed by atoms with Crippen molar-refractivity contribution in [2.24, 2.45) is 28.8 Å². The van der Waals surface area contributed by atoms with Gasteiger partial charge in [0.1, 0.15) is 0 Å². The van der Waals surface area contributed by atoms with Crippen LogP contribution < -0.4 is 0 Å². The Bertz CT molecular complexity index is 923. The van der Waals surface area contributed by atoms with Crippen LogP contribution in [0.1, 0.15) is 24.1 Å². The van der Waals surface area contributed by atoms with Crippen LogP contribution in [0.25, 0.3) is 10.9 Å². The summed E-state index contributed by atoms with van der Waals surface area (Å²) in [4.78, 5) is 28.9. The first-order chi connectivity index (χ1) is 12.1. The molecule has 0 unspecified atom stereocenters. The average Bonchev–Trinajstić information content (AvgIpc) is 3.10. The number of nitrogens with zero attached hydrogens (tertiary/aromatic N) is 2. The number of fused-ring (bicyclic) bond motifs is 2. The largest absolute Gasteiger partial charge is 0.358 e. The van der Waals surface area contributed by atoms with E-state index in [2.05, 4.69) is 22.2 Å². The zero-order chi connectivity index (χ0) is 17.1. The van der Waals surface area contributed by atoms with E-state index in [1.165, 1.54) is 0 Å². The van der Waals surface area contributed by atoms with Gasteiger partial charge in [0, 0.05) is 22.2 Å². The minimum absolute atomic E-state index is 0.136. The summed E-state index contributed by atoms with van der Waals surface area (Å²) in [6.45, 7) is 1.97. The molecular formula is C20H19N3O2. The van der Waals surface area contributed by atoms with E-state index in [0.717, 1.165) is 40.0 Å². The van der Waals surface area contributed by atoms with Gasteiger partial charge in [-0.3, -0.25) is 9.59 Å². The standard InChI is InChI=1S/C20H19N3O2/c1-11-15(14-4-2-3-5-16(14)22-11)10-21-23-19(24)17-12-6-7-13(9-8-12)18(17)20(23)25/h2-7,10,12-13,17-18,22H,8-9H2,1H3/b21-10-/t12-,13-,17-,18+/m0/s1. The highest BCUT2D eigenvalue weighted by Crippen LogP contribution is 2.49. The van der Waals surface area contributed by atoms with E-state index in [4.69, 9.17) is 0 Å². The summed E-state index contributed by atoms with van der Waals surface area (Å²) in [5.41, 5.74) is 2.92. The second-order valence-corrected chi connectivity index (χ2v) is 7.28. The SMILES string of the molecule is Cc1[nH]c2ccccc2c1/C=N\N1C(=O)[C@@H]2[C@H](C1=O)[C@H]1C=C[C@H]2CC1. The molecule has 25 heavy (non-hydrogen) atoms. The maximum absolute atomic E-state index is 12.8. The Hall–Kier alpha value is -2.69. The van der Waals surface area contributed by atoms with Crippen molar-refractivity contribution in [2.45, 2.75) is 19.8 Å². The molecule has 1 aromatic carbocycles. The number of hydrazone groups is 1. The van der Waals surface area contributed by atoms with Crippen molar-refractivity contribution in [2.75, 3.05) is 0 Å². The number of hydrogen-bond donors (Lipinski definition) is 1. The van der Waals surface area contributed by atoms with Gasteiger partial charge in [0.05, 0.1) is 18.1 Å². The average molecular weight is 333 g/mol. The smallest absolute Gasteiger partial charge is 0.254 e. The van der Waals surface area contributed by atoms with E-state index in [-0.39, 0.29) is 35.5 Å². The zero-order valence-corrected chi connectivity index (χ0v) is 14.0. The van der Waals surface area contributed by atoms with Crippen LogP contribution >= 0.6 is 0 Å². The van der Waals surface area contributed by atoms with Crippen LogP contribution in [0.4, 0.5) is 0 Å². The molecule has 1 saturated carbocycles. The lowest BCUT2D eigenvalue weighted by Crippen LogP contribution is -2.38. The van der Waals surface area contributed by atoms with Gasteiger partial charge in [-0.1, -0.05) is 30.4 Å². The van der Waals surface area contributed by atoms with Gasteiger partial charge >= 0.3 is 0 Å². The third kappa shape index (κ3) is 1.98. The van der Waals surface area contributed by atoms with Crippen LogP contribution in [0.5, 0.6) is 0 Å². The van der Waals surface area contributed by atoms with E-state index < -0.39 is 0 Å². The summed E-state index contributed by atoms with van der Waals surface area (Å²) in [6, 6.07) is 7.96. The van der Waals surface area contributed by atoms with Gasteiger partial charge in [-0.15, -0.1) is 0 Å². The molecule has 3 aliphatic carbocycles. The number of para-hydroxylation sites is 1. The van der Waals surface area contributed by atoms with Crippen molar-refractivity contribution in [3.8, 4) is 0 Å². The number of nitrogens with one attached hydrogen (secondary N) is 1. The Morgan fingerprint density at radius 2 is 1.72 bits per heavy atom. The third-order valence-corrected chi connectivity index (χ3v) is 5.98. The molecule has 6 rings (SSSR count). The monoisotopic (exact) mass is 333 g/mol. The maximum atomic E-state index is 12.8. The summed E-state index contributed by atoms with van der Waals surface area (Å²) < 4.78 is 0. The van der Waals surface area contributed by atoms with Crippen molar-refractivity contribution in [1.82, 2.24) is 9.99 Å². The van der Waals surface area contributed by atoms with Crippen molar-refractivity contribution >= 4 is 28.9 Å². The van der Waals surface area contributed by atoms with Crippen LogP contribution in [0, 0.1) is 30.6 Å². The molecular weight excluding hydrogens is 314 g/mol. The third-order valence-electron chi connectivity index (χ3n) is 5.98. The fourth-order valence-corrected chi connectivity index (χ4v) is 4.75. The highest BCUT2D eigenvalue weighted by Gasteiger charge is 2.56.